The maximum absolute atomic E-state index is 12.8. The third-order valence-electron chi connectivity index (χ3n) is 5.21. The number of aromatic hydroxyl groups is 1. The summed E-state index contributed by atoms with van der Waals surface area (Å²) in [6.45, 7) is 2.50. The van der Waals surface area contributed by atoms with Crippen LogP contribution in [-0.2, 0) is 6.54 Å². The third-order valence-corrected chi connectivity index (χ3v) is 5.21. The quantitative estimate of drug-likeness (QED) is 0.307. The second-order valence-corrected chi connectivity index (χ2v) is 7.37. The fraction of sp³-hybridized carbons (Fsp3) is 0.368. The lowest BCUT2D eigenvalue weighted by atomic mass is 10.2. The number of nitrogen functional groups attached to an aromatic ring is 1. The Morgan fingerprint density at radius 3 is 2.74 bits per heavy atom. The number of carbonyl (C=O) groups is 1. The number of aromatic nitrogens is 5. The molecule has 1 saturated heterocycles. The van der Waals surface area contributed by atoms with E-state index < -0.39 is 5.91 Å². The van der Waals surface area contributed by atoms with Gasteiger partial charge in [-0.05, 0) is 48.1 Å². The second kappa shape index (κ2) is 9.34. The van der Waals surface area contributed by atoms with Crippen molar-refractivity contribution in [3.8, 4) is 11.6 Å². The summed E-state index contributed by atoms with van der Waals surface area (Å²) < 4.78 is 6.09. The number of benzene rings is 1. The molecule has 0 atom stereocenters. The van der Waals surface area contributed by atoms with Gasteiger partial charge in [0.05, 0.1) is 19.3 Å². The zero-order valence-electron chi connectivity index (χ0n) is 16.9. The van der Waals surface area contributed by atoms with Crippen LogP contribution in [0.2, 0.25) is 0 Å². The van der Waals surface area contributed by atoms with Gasteiger partial charge in [-0.25, -0.2) is 10.1 Å². The Morgan fingerprint density at radius 2 is 2.03 bits per heavy atom. The van der Waals surface area contributed by atoms with Crippen LogP contribution in [0.3, 0.4) is 0 Å². The van der Waals surface area contributed by atoms with Gasteiger partial charge in [-0.3, -0.25) is 4.79 Å². The van der Waals surface area contributed by atoms with Crippen molar-refractivity contribution in [1.29, 1.82) is 0 Å². The van der Waals surface area contributed by atoms with Gasteiger partial charge in [-0.2, -0.15) is 9.78 Å². The number of amides is 1. The summed E-state index contributed by atoms with van der Waals surface area (Å²) in [5, 5.41) is 29.2. The maximum atomic E-state index is 12.8. The predicted octanol–water partition coefficient (Wildman–Crippen LogP) is -0.339. The van der Waals surface area contributed by atoms with E-state index in [1.165, 1.54) is 34.7 Å². The Morgan fingerprint density at radius 1 is 1.26 bits per heavy atom. The molecule has 1 aliphatic rings. The van der Waals surface area contributed by atoms with E-state index in [0.717, 1.165) is 25.9 Å². The van der Waals surface area contributed by atoms with E-state index in [4.69, 9.17) is 10.4 Å². The van der Waals surface area contributed by atoms with E-state index in [0.29, 0.717) is 17.8 Å². The number of carbonyl (C=O) groups excluding carboxylic acids is 1. The second-order valence-electron chi connectivity index (χ2n) is 7.37. The van der Waals surface area contributed by atoms with E-state index in [2.05, 4.69) is 31.2 Å². The summed E-state index contributed by atoms with van der Waals surface area (Å²) in [6, 6.07) is 6.67. The number of anilines is 1. The SMILES string of the molecule is Nc1nonc1-n1nnc(C(=O)NN=Cc2ccccc2O)c1C[NH+]1CCCCCC1. The van der Waals surface area contributed by atoms with Crippen LogP contribution in [0.25, 0.3) is 5.82 Å². The highest BCUT2D eigenvalue weighted by atomic mass is 16.6. The highest BCUT2D eigenvalue weighted by molar-refractivity contribution is 5.94. The molecule has 4 rings (SSSR count). The van der Waals surface area contributed by atoms with Gasteiger partial charge in [0, 0.05) is 5.56 Å². The molecular formula is C19H24N9O3+. The van der Waals surface area contributed by atoms with Crippen LogP contribution in [-0.4, -0.2) is 55.6 Å². The van der Waals surface area contributed by atoms with E-state index in [1.807, 2.05) is 0 Å². The fourth-order valence-electron chi connectivity index (χ4n) is 3.60. The van der Waals surface area contributed by atoms with Gasteiger partial charge in [0.15, 0.2) is 5.69 Å². The van der Waals surface area contributed by atoms with Crippen LogP contribution in [0.5, 0.6) is 5.75 Å². The van der Waals surface area contributed by atoms with Crippen LogP contribution in [0, 0.1) is 0 Å². The molecule has 0 saturated carbocycles. The fourth-order valence-corrected chi connectivity index (χ4v) is 3.60. The first kappa shape index (κ1) is 20.5. The molecule has 31 heavy (non-hydrogen) atoms. The molecular weight excluding hydrogens is 402 g/mol. The van der Waals surface area contributed by atoms with Crippen molar-refractivity contribution in [2.75, 3.05) is 18.8 Å². The zero-order valence-corrected chi connectivity index (χ0v) is 16.9. The standard InChI is InChI=1S/C19H23N9O3/c20-17-18(25-31-24-17)28-14(12-27-9-5-1-2-6-10-27)16(22-26-28)19(30)23-21-11-13-7-3-4-8-15(13)29/h3-4,7-8,11,29H,1-2,5-6,9-10,12H2,(H2,20,24)(H,23,30)/p+1. The predicted molar refractivity (Wildman–Crippen MR) is 110 cm³/mol. The zero-order chi connectivity index (χ0) is 21.6. The Labute approximate surface area is 177 Å². The molecule has 0 aliphatic carbocycles. The Hall–Kier alpha value is -3.80. The number of hydrogen-bond donors (Lipinski definition) is 4. The Balaban J connectivity index is 1.58. The summed E-state index contributed by atoms with van der Waals surface area (Å²) in [6.07, 6.45) is 6.01. The molecule has 1 aliphatic heterocycles. The number of hydrogen-bond acceptors (Lipinski definition) is 9. The Bertz CT molecular complexity index is 1070. The molecule has 1 amide bonds. The van der Waals surface area contributed by atoms with Crippen LogP contribution < -0.4 is 16.1 Å². The smallest absolute Gasteiger partial charge is 0.294 e. The van der Waals surface area contributed by atoms with Crippen LogP contribution in [0.15, 0.2) is 34.0 Å². The average Bonchev–Trinajstić information content (AvgIpc) is 3.27. The number of para-hydroxylation sites is 1. The number of phenolic OH excluding ortho intramolecular Hbond substituents is 1. The number of phenols is 1. The largest absolute Gasteiger partial charge is 0.507 e. The van der Waals surface area contributed by atoms with Crippen molar-refractivity contribution < 1.29 is 19.4 Å². The third kappa shape index (κ3) is 4.69. The number of likely N-dealkylation sites (tertiary alicyclic amines) is 1. The van der Waals surface area contributed by atoms with Crippen molar-refractivity contribution in [1.82, 2.24) is 30.7 Å². The van der Waals surface area contributed by atoms with Crippen molar-refractivity contribution in [2.45, 2.75) is 32.2 Å². The summed E-state index contributed by atoms with van der Waals surface area (Å²) in [5.41, 5.74) is 9.42. The lowest BCUT2D eigenvalue weighted by Crippen LogP contribution is -3.10. The molecule has 0 spiro atoms. The summed E-state index contributed by atoms with van der Waals surface area (Å²) in [7, 11) is 0. The van der Waals surface area contributed by atoms with E-state index >= 15 is 0 Å². The molecule has 5 N–H and O–H groups in total. The molecule has 12 heteroatoms. The summed E-state index contributed by atoms with van der Waals surface area (Å²) in [5.74, 6) is -0.224. The van der Waals surface area contributed by atoms with Gasteiger partial charge in [0.2, 0.25) is 11.6 Å². The Kier molecular flexibility index (Phi) is 6.17. The van der Waals surface area contributed by atoms with Gasteiger partial charge in [-0.15, -0.1) is 5.10 Å². The lowest BCUT2D eigenvalue weighted by molar-refractivity contribution is -0.913. The molecule has 12 nitrogen and oxygen atoms in total. The normalized spacial score (nSPS) is 15.2. The van der Waals surface area contributed by atoms with Crippen LogP contribution in [0.1, 0.15) is 47.4 Å². The highest BCUT2D eigenvalue weighted by Crippen LogP contribution is 2.16. The van der Waals surface area contributed by atoms with Gasteiger partial charge in [0.25, 0.3) is 5.91 Å². The number of nitrogens with two attached hydrogens (primary N) is 1. The molecule has 3 aromatic rings. The van der Waals surface area contributed by atoms with Crippen LogP contribution in [0.4, 0.5) is 5.82 Å². The molecule has 0 unspecified atom stereocenters. The number of quaternary nitrogens is 1. The number of nitrogens with one attached hydrogen (secondary N) is 2. The van der Waals surface area contributed by atoms with E-state index in [9.17, 15) is 9.90 Å². The minimum Gasteiger partial charge on any atom is -0.507 e. The van der Waals surface area contributed by atoms with E-state index in [-0.39, 0.29) is 23.1 Å². The molecule has 3 heterocycles. The average molecular weight is 426 g/mol. The minimum absolute atomic E-state index is 0.0570. The maximum Gasteiger partial charge on any atom is 0.294 e. The van der Waals surface area contributed by atoms with Gasteiger partial charge in [-0.1, -0.05) is 17.3 Å². The summed E-state index contributed by atoms with van der Waals surface area (Å²) in [4.78, 5) is 14.1. The van der Waals surface area contributed by atoms with Crippen molar-refractivity contribution in [3.63, 3.8) is 0 Å². The van der Waals surface area contributed by atoms with E-state index in [1.54, 1.807) is 18.2 Å². The topological polar surface area (TPSA) is 162 Å². The number of nitrogens with zero attached hydrogens (tertiary/aromatic N) is 6. The first-order chi connectivity index (χ1) is 15.1. The molecule has 1 fully saturated rings. The highest BCUT2D eigenvalue weighted by Gasteiger charge is 2.27. The van der Waals surface area contributed by atoms with Crippen molar-refractivity contribution in [2.24, 2.45) is 5.10 Å². The summed E-state index contributed by atoms with van der Waals surface area (Å²) >= 11 is 0. The molecule has 0 bridgehead atoms. The molecule has 162 valence electrons. The number of hydrazone groups is 1. The minimum atomic E-state index is -0.530. The monoisotopic (exact) mass is 426 g/mol. The van der Waals surface area contributed by atoms with Crippen LogP contribution >= 0.6 is 0 Å². The molecule has 2 aromatic heterocycles. The van der Waals surface area contributed by atoms with Crippen molar-refractivity contribution in [3.05, 3.63) is 41.2 Å². The van der Waals surface area contributed by atoms with Crippen molar-refractivity contribution >= 4 is 17.9 Å². The van der Waals surface area contributed by atoms with Gasteiger partial charge < -0.3 is 15.7 Å². The lowest BCUT2D eigenvalue weighted by Gasteiger charge is -2.17. The first-order valence-corrected chi connectivity index (χ1v) is 10.1. The number of rotatable bonds is 6. The van der Waals surface area contributed by atoms with Gasteiger partial charge >= 0.3 is 0 Å². The molecule has 0 radical (unpaired) electrons. The first-order valence-electron chi connectivity index (χ1n) is 10.1. The molecule has 1 aromatic carbocycles. The van der Waals surface area contributed by atoms with Gasteiger partial charge in [0.1, 0.15) is 18.0 Å².